The summed E-state index contributed by atoms with van der Waals surface area (Å²) in [5.41, 5.74) is 8.54. The molecule has 10 heteroatoms. The van der Waals surface area contributed by atoms with Crippen LogP contribution in [0.5, 0.6) is 0 Å². The third kappa shape index (κ3) is 6.00. The number of pyridine rings is 1. The molecule has 0 aromatic carbocycles. The maximum absolute atomic E-state index is 13.4. The highest BCUT2D eigenvalue weighted by Crippen LogP contribution is 2.39. The fourth-order valence-corrected chi connectivity index (χ4v) is 4.29. The molecule has 2 aliphatic rings. The number of hydrogen-bond donors (Lipinski definition) is 3. The second-order valence-corrected chi connectivity index (χ2v) is 9.04. The number of rotatable bonds is 8. The number of carbonyl (C=O) groups excluding carboxylic acids is 2. The number of nitrogens with two attached hydrogens (primary N) is 1. The number of aromatic nitrogens is 3. The fraction of sp³-hybridized carbons (Fsp3) is 0.440. The van der Waals surface area contributed by atoms with E-state index in [9.17, 15) is 9.59 Å². The maximum Gasteiger partial charge on any atom is 0.276 e. The summed E-state index contributed by atoms with van der Waals surface area (Å²) >= 11 is 0. The molecule has 184 valence electrons. The van der Waals surface area contributed by atoms with Crippen molar-refractivity contribution in [2.45, 2.75) is 56.9 Å². The van der Waals surface area contributed by atoms with Gasteiger partial charge in [-0.2, -0.15) is 0 Å². The lowest BCUT2D eigenvalue weighted by atomic mass is 9.94. The molecular formula is C25H32N8O2. The van der Waals surface area contributed by atoms with Gasteiger partial charge in [0.1, 0.15) is 12.0 Å². The van der Waals surface area contributed by atoms with E-state index in [0.717, 1.165) is 44.2 Å². The Kier molecular flexibility index (Phi) is 7.69. The highest BCUT2D eigenvalue weighted by Gasteiger charge is 2.28. The van der Waals surface area contributed by atoms with Crippen molar-refractivity contribution in [2.75, 3.05) is 19.4 Å². The Morgan fingerprint density at radius 2 is 1.83 bits per heavy atom. The molecule has 2 aromatic heterocycles. The number of allylic oxidation sites excluding steroid dienone is 1. The Labute approximate surface area is 205 Å². The average molecular weight is 477 g/mol. The second kappa shape index (κ2) is 11.1. The van der Waals surface area contributed by atoms with Gasteiger partial charge >= 0.3 is 0 Å². The molecule has 0 spiro atoms. The number of likely N-dealkylation sites (N-methyl/N-ethyl adjacent to an activating group) is 1. The lowest BCUT2D eigenvalue weighted by molar-refractivity contribution is -0.128. The number of nitrogens with zero attached hydrogens (tertiary/aromatic N) is 5. The summed E-state index contributed by atoms with van der Waals surface area (Å²) in [6.45, 7) is 0. The molecule has 2 aliphatic carbocycles. The number of aliphatic imine (C=N–C) groups is 1. The Bertz CT molecular complexity index is 1120. The van der Waals surface area contributed by atoms with Gasteiger partial charge in [0.25, 0.3) is 11.8 Å². The van der Waals surface area contributed by atoms with Crippen molar-refractivity contribution in [1.29, 1.82) is 0 Å². The van der Waals surface area contributed by atoms with E-state index < -0.39 is 5.91 Å². The molecule has 10 nitrogen and oxygen atoms in total. The van der Waals surface area contributed by atoms with Crippen molar-refractivity contribution in [2.24, 2.45) is 10.7 Å². The third-order valence-electron chi connectivity index (χ3n) is 6.44. The second-order valence-electron chi connectivity index (χ2n) is 9.04. The first-order valence-electron chi connectivity index (χ1n) is 12.0. The summed E-state index contributed by atoms with van der Waals surface area (Å²) in [7, 11) is 3.32. The van der Waals surface area contributed by atoms with E-state index in [1.165, 1.54) is 19.0 Å². The highest BCUT2D eigenvalue weighted by atomic mass is 16.2. The molecule has 2 aromatic rings. The van der Waals surface area contributed by atoms with Crippen LogP contribution in [-0.4, -0.2) is 58.0 Å². The van der Waals surface area contributed by atoms with Gasteiger partial charge in [0.15, 0.2) is 5.69 Å². The van der Waals surface area contributed by atoms with Gasteiger partial charge in [-0.25, -0.2) is 15.0 Å². The van der Waals surface area contributed by atoms with Crippen molar-refractivity contribution in [3.63, 3.8) is 0 Å². The van der Waals surface area contributed by atoms with Crippen LogP contribution in [0.2, 0.25) is 0 Å². The van der Waals surface area contributed by atoms with Crippen molar-refractivity contribution in [1.82, 2.24) is 25.2 Å². The van der Waals surface area contributed by atoms with Crippen LogP contribution in [0, 0.1) is 0 Å². The molecule has 2 heterocycles. The summed E-state index contributed by atoms with van der Waals surface area (Å²) in [6, 6.07) is 3.89. The quantitative estimate of drug-likeness (QED) is 0.393. The summed E-state index contributed by atoms with van der Waals surface area (Å²) in [6.07, 6.45) is 13.4. The number of nitrogens with one attached hydrogen (secondary N) is 2. The van der Waals surface area contributed by atoms with Crippen LogP contribution in [-0.2, 0) is 4.79 Å². The van der Waals surface area contributed by atoms with Gasteiger partial charge in [0.2, 0.25) is 0 Å². The zero-order chi connectivity index (χ0) is 24.8. The number of carbonyl (C=O) groups is 2. The van der Waals surface area contributed by atoms with Gasteiger partial charge in [0.05, 0.1) is 29.5 Å². The van der Waals surface area contributed by atoms with E-state index in [1.807, 2.05) is 12.1 Å². The summed E-state index contributed by atoms with van der Waals surface area (Å²) < 4.78 is 0. The van der Waals surface area contributed by atoms with E-state index in [4.69, 9.17) is 5.73 Å². The van der Waals surface area contributed by atoms with E-state index >= 15 is 0 Å². The standard InChI is InChI=1S/C25H32N8O2/c1-27-14-21(22(26)25(35)33(2)18-6-4-3-5-7-18)32-24(34)23-20(30-17-12-28-15-29-13-17)11-10-19(31-23)16-8-9-16/h10-16,18,30H,3-9,26H2,1-2H3,(H,32,34). The molecule has 2 fully saturated rings. The van der Waals surface area contributed by atoms with Crippen molar-refractivity contribution in [3.8, 4) is 0 Å². The van der Waals surface area contributed by atoms with Gasteiger partial charge < -0.3 is 21.3 Å². The first-order chi connectivity index (χ1) is 17.0. The van der Waals surface area contributed by atoms with Crippen molar-refractivity contribution in [3.05, 3.63) is 53.6 Å². The van der Waals surface area contributed by atoms with Crippen molar-refractivity contribution < 1.29 is 9.59 Å². The molecule has 4 rings (SSSR count). The highest BCUT2D eigenvalue weighted by molar-refractivity contribution is 6.05. The Morgan fingerprint density at radius 3 is 2.49 bits per heavy atom. The molecule has 0 unspecified atom stereocenters. The van der Waals surface area contributed by atoms with Crippen LogP contribution in [0.1, 0.15) is 67.0 Å². The van der Waals surface area contributed by atoms with E-state index in [-0.39, 0.29) is 29.0 Å². The van der Waals surface area contributed by atoms with E-state index in [2.05, 4.69) is 30.6 Å². The van der Waals surface area contributed by atoms with Gasteiger partial charge in [0, 0.05) is 38.0 Å². The van der Waals surface area contributed by atoms with Gasteiger partial charge in [-0.1, -0.05) is 19.3 Å². The monoisotopic (exact) mass is 476 g/mol. The first-order valence-corrected chi connectivity index (χ1v) is 12.0. The van der Waals surface area contributed by atoms with Gasteiger partial charge in [-0.05, 0) is 37.8 Å². The Hall–Kier alpha value is -3.82. The lowest BCUT2D eigenvalue weighted by Gasteiger charge is -2.31. The Balaban J connectivity index is 1.60. The predicted molar refractivity (Wildman–Crippen MR) is 134 cm³/mol. The molecule has 0 aliphatic heterocycles. The van der Waals surface area contributed by atoms with Crippen LogP contribution < -0.4 is 16.4 Å². The molecule has 0 bridgehead atoms. The molecular weight excluding hydrogens is 444 g/mol. The average Bonchev–Trinajstić information content (AvgIpc) is 3.74. The minimum absolute atomic E-state index is 0.0543. The third-order valence-corrected chi connectivity index (χ3v) is 6.44. The topological polar surface area (TPSA) is 138 Å². The zero-order valence-electron chi connectivity index (χ0n) is 20.2. The van der Waals surface area contributed by atoms with Crippen molar-refractivity contribution >= 4 is 29.4 Å². The molecule has 0 radical (unpaired) electrons. The summed E-state index contributed by atoms with van der Waals surface area (Å²) in [5.74, 6) is -0.456. The Morgan fingerprint density at radius 1 is 1.11 bits per heavy atom. The zero-order valence-corrected chi connectivity index (χ0v) is 20.2. The fourth-order valence-electron chi connectivity index (χ4n) is 4.29. The van der Waals surface area contributed by atoms with Crippen LogP contribution in [0.25, 0.3) is 0 Å². The van der Waals surface area contributed by atoms with Gasteiger partial charge in [-0.15, -0.1) is 0 Å². The van der Waals surface area contributed by atoms with Crippen LogP contribution in [0.4, 0.5) is 11.4 Å². The van der Waals surface area contributed by atoms with Crippen LogP contribution in [0.15, 0.2) is 47.2 Å². The van der Waals surface area contributed by atoms with Crippen LogP contribution in [0.3, 0.4) is 0 Å². The van der Waals surface area contributed by atoms with E-state index in [1.54, 1.807) is 31.4 Å². The summed E-state index contributed by atoms with van der Waals surface area (Å²) in [5, 5.41) is 5.92. The SMILES string of the molecule is CN=CC(NC(=O)c1nc(C2CC2)ccc1Nc1cncnc1)=C(N)C(=O)N(C)C1CCCCC1. The number of anilines is 2. The normalized spacial score (nSPS) is 17.1. The number of hydrogen-bond acceptors (Lipinski definition) is 8. The maximum atomic E-state index is 13.4. The van der Waals surface area contributed by atoms with E-state index in [0.29, 0.717) is 17.3 Å². The largest absolute Gasteiger partial charge is 0.393 e. The smallest absolute Gasteiger partial charge is 0.276 e. The van der Waals surface area contributed by atoms with Gasteiger partial charge in [-0.3, -0.25) is 14.6 Å². The van der Waals surface area contributed by atoms with Crippen LogP contribution >= 0.6 is 0 Å². The first kappa shape index (κ1) is 24.3. The molecule has 0 atom stereocenters. The minimum Gasteiger partial charge on any atom is -0.393 e. The molecule has 2 amide bonds. The molecule has 2 saturated carbocycles. The summed E-state index contributed by atoms with van der Waals surface area (Å²) in [4.78, 5) is 44.9. The lowest BCUT2D eigenvalue weighted by Crippen LogP contribution is -2.42. The minimum atomic E-state index is -0.488. The number of amides is 2. The molecule has 4 N–H and O–H groups in total. The molecule has 35 heavy (non-hydrogen) atoms. The molecule has 0 saturated heterocycles. The predicted octanol–water partition coefficient (Wildman–Crippen LogP) is 2.88.